The van der Waals surface area contributed by atoms with Gasteiger partial charge in [-0.15, -0.1) is 4.91 Å². The van der Waals surface area contributed by atoms with E-state index in [0.29, 0.717) is 0 Å². The number of morpholine rings is 1. The molecule has 1 heterocycles. The van der Waals surface area contributed by atoms with Gasteiger partial charge in [-0.1, -0.05) is 5.18 Å². The van der Waals surface area contributed by atoms with E-state index < -0.39 is 35.3 Å². The maximum Gasteiger partial charge on any atom is 0.410 e. The lowest BCUT2D eigenvalue weighted by molar-refractivity contribution is -0.148. The molecule has 0 aromatic rings. The summed E-state index contributed by atoms with van der Waals surface area (Å²) in [7, 11) is 0. The predicted octanol–water partition coefficient (Wildman–Crippen LogP) is 1.83. The Bertz CT molecular complexity index is 471. The quantitative estimate of drug-likeness (QED) is 0.734. The van der Waals surface area contributed by atoms with Gasteiger partial charge in [0.25, 0.3) is 0 Å². The van der Waals surface area contributed by atoms with Gasteiger partial charge in [0, 0.05) is 5.18 Å². The van der Waals surface area contributed by atoms with Crippen LogP contribution in [0.25, 0.3) is 0 Å². The number of amides is 2. The van der Waals surface area contributed by atoms with Gasteiger partial charge in [-0.2, -0.15) is 4.91 Å². The second-order valence-corrected chi connectivity index (χ2v) is 6.67. The van der Waals surface area contributed by atoms with Crippen molar-refractivity contribution in [1.29, 1.82) is 0 Å². The van der Waals surface area contributed by atoms with Crippen molar-refractivity contribution in [2.75, 3.05) is 13.1 Å². The highest BCUT2D eigenvalue weighted by molar-refractivity contribution is 5.82. The first-order valence-corrected chi connectivity index (χ1v) is 6.85. The fourth-order valence-electron chi connectivity index (χ4n) is 1.88. The van der Waals surface area contributed by atoms with Gasteiger partial charge >= 0.3 is 12.0 Å². The van der Waals surface area contributed by atoms with Crippen LogP contribution in [-0.2, 0) is 14.3 Å². The fourth-order valence-corrected chi connectivity index (χ4v) is 1.88. The molecule has 1 aliphatic rings. The molecule has 9 nitrogen and oxygen atoms in total. The van der Waals surface area contributed by atoms with Gasteiger partial charge in [-0.05, 0) is 34.6 Å². The molecule has 1 aliphatic heterocycles. The predicted molar refractivity (Wildman–Crippen MR) is 77.1 cm³/mol. The van der Waals surface area contributed by atoms with Crippen LogP contribution in [0, 0.1) is 9.81 Å². The van der Waals surface area contributed by atoms with Crippen LogP contribution in [0.4, 0.5) is 4.79 Å². The van der Waals surface area contributed by atoms with Crippen LogP contribution in [0.15, 0.2) is 10.4 Å². The van der Waals surface area contributed by atoms with Crippen molar-refractivity contribution in [3.63, 3.8) is 0 Å². The number of nitroso groups, excluding NO2 is 2. The van der Waals surface area contributed by atoms with Crippen molar-refractivity contribution in [3.05, 3.63) is 9.81 Å². The van der Waals surface area contributed by atoms with Crippen LogP contribution in [0.5, 0.6) is 0 Å². The summed E-state index contributed by atoms with van der Waals surface area (Å²) in [5, 5.41) is 5.28. The van der Waals surface area contributed by atoms with Gasteiger partial charge in [0.15, 0.2) is 6.10 Å². The number of hydrogen-bond donors (Lipinski definition) is 0. The molecule has 0 radical (unpaired) electrons. The molecule has 1 saturated heterocycles. The Hall–Kier alpha value is -1.90. The second-order valence-electron chi connectivity index (χ2n) is 6.67. The largest absolute Gasteiger partial charge is 0.444 e. The molecule has 124 valence electrons. The van der Waals surface area contributed by atoms with Gasteiger partial charge in [0.05, 0.1) is 13.1 Å². The smallest absolute Gasteiger partial charge is 0.410 e. The minimum atomic E-state index is -1.23. The van der Waals surface area contributed by atoms with Crippen LogP contribution >= 0.6 is 0 Å². The first kappa shape index (κ1) is 18.1. The van der Waals surface area contributed by atoms with Gasteiger partial charge in [-0.3, -0.25) is 4.79 Å². The minimum absolute atomic E-state index is 0.0241. The molecule has 22 heavy (non-hydrogen) atoms. The van der Waals surface area contributed by atoms with Gasteiger partial charge < -0.3 is 14.4 Å². The van der Waals surface area contributed by atoms with Crippen molar-refractivity contribution in [3.8, 4) is 0 Å². The van der Waals surface area contributed by atoms with E-state index >= 15 is 0 Å². The number of nitrogens with zero attached hydrogens (tertiary/aromatic N) is 3. The van der Waals surface area contributed by atoms with E-state index in [0.717, 1.165) is 0 Å². The lowest BCUT2D eigenvalue weighted by Gasteiger charge is -2.40. The molecule has 0 aliphatic carbocycles. The maximum atomic E-state index is 12.2. The summed E-state index contributed by atoms with van der Waals surface area (Å²) in [4.78, 5) is 46.2. The monoisotopic (exact) mass is 315 g/mol. The number of hydrogen-bond acceptors (Lipinski definition) is 7. The molecule has 0 aromatic carbocycles. The number of carbonyl (C=O) groups excluding carboxylic acids is 2. The summed E-state index contributed by atoms with van der Waals surface area (Å²) in [6.07, 6.45) is -2.74. The Kier molecular flexibility index (Phi) is 5.34. The number of carbonyl (C=O) groups is 2. The van der Waals surface area contributed by atoms with Gasteiger partial charge in [0.2, 0.25) is 0 Å². The standard InChI is InChI=1S/C13H21N3O6/c1-12(2,3)22-11(18)16-6-8(10(17)14-19)21-9(7-16)13(4,5)15-20/h8-9H,6-7H2,1-5H3/t8-,9+/m1/s1. The molecule has 1 rings (SSSR count). The molecule has 0 spiro atoms. The lowest BCUT2D eigenvalue weighted by Crippen LogP contribution is -2.58. The summed E-state index contributed by atoms with van der Waals surface area (Å²) in [6, 6.07) is 0. The zero-order chi connectivity index (χ0) is 17.1. The Morgan fingerprint density at radius 3 is 2.18 bits per heavy atom. The summed E-state index contributed by atoms with van der Waals surface area (Å²) in [6.45, 7) is 8.00. The van der Waals surface area contributed by atoms with Gasteiger partial charge in [0.1, 0.15) is 17.2 Å². The zero-order valence-corrected chi connectivity index (χ0v) is 13.4. The van der Waals surface area contributed by atoms with E-state index in [1.54, 1.807) is 20.8 Å². The molecule has 0 saturated carbocycles. The topological polar surface area (TPSA) is 115 Å². The molecule has 0 N–H and O–H groups in total. The highest BCUT2D eigenvalue weighted by Gasteiger charge is 2.43. The van der Waals surface area contributed by atoms with Crippen molar-refractivity contribution < 1.29 is 19.1 Å². The Labute approximate surface area is 128 Å². The highest BCUT2D eigenvalue weighted by Crippen LogP contribution is 2.25. The summed E-state index contributed by atoms with van der Waals surface area (Å²) >= 11 is 0. The van der Waals surface area contributed by atoms with E-state index in [9.17, 15) is 19.4 Å². The third-order valence-electron chi connectivity index (χ3n) is 3.14. The lowest BCUT2D eigenvalue weighted by atomic mass is 9.96. The molecular weight excluding hydrogens is 294 g/mol. The third kappa shape index (κ3) is 4.55. The van der Waals surface area contributed by atoms with E-state index in [1.165, 1.54) is 18.7 Å². The fraction of sp³-hybridized carbons (Fsp3) is 0.846. The Balaban J connectivity index is 2.97. The van der Waals surface area contributed by atoms with E-state index in [2.05, 4.69) is 10.4 Å². The second kappa shape index (κ2) is 6.47. The van der Waals surface area contributed by atoms with E-state index in [1.807, 2.05) is 0 Å². The molecule has 0 aromatic heterocycles. The summed E-state index contributed by atoms with van der Waals surface area (Å²) < 4.78 is 10.7. The molecular formula is C13H21N3O6. The van der Waals surface area contributed by atoms with Crippen LogP contribution < -0.4 is 0 Å². The number of rotatable bonds is 3. The molecule has 0 unspecified atom stereocenters. The molecule has 2 amide bonds. The first-order valence-electron chi connectivity index (χ1n) is 6.85. The molecule has 1 fully saturated rings. The van der Waals surface area contributed by atoms with Crippen molar-refractivity contribution >= 4 is 12.0 Å². The third-order valence-corrected chi connectivity index (χ3v) is 3.14. The maximum absolute atomic E-state index is 12.2. The van der Waals surface area contributed by atoms with Crippen LogP contribution in [0.3, 0.4) is 0 Å². The van der Waals surface area contributed by atoms with Crippen LogP contribution in [-0.4, -0.2) is 53.3 Å². The highest BCUT2D eigenvalue weighted by atomic mass is 16.6. The average molecular weight is 315 g/mol. The van der Waals surface area contributed by atoms with Crippen molar-refractivity contribution in [2.45, 2.75) is 58.0 Å². The van der Waals surface area contributed by atoms with Crippen molar-refractivity contribution in [1.82, 2.24) is 4.90 Å². The van der Waals surface area contributed by atoms with Gasteiger partial charge in [-0.25, -0.2) is 4.79 Å². The normalized spacial score (nSPS) is 22.9. The van der Waals surface area contributed by atoms with Crippen LogP contribution in [0.2, 0.25) is 0 Å². The molecule has 2 atom stereocenters. The molecule has 0 bridgehead atoms. The average Bonchev–Trinajstić information content (AvgIpc) is 2.44. The van der Waals surface area contributed by atoms with Crippen molar-refractivity contribution in [2.24, 2.45) is 10.4 Å². The SMILES string of the molecule is CC(C)(C)OC(=O)N1C[C@@H](C(C)(C)N=O)O[C@@H](C(=O)N=O)C1. The molecule has 9 heteroatoms. The van der Waals surface area contributed by atoms with Crippen LogP contribution in [0.1, 0.15) is 34.6 Å². The number of ether oxygens (including phenoxy) is 2. The first-order chi connectivity index (χ1) is 10.00. The van der Waals surface area contributed by atoms with E-state index in [-0.39, 0.29) is 13.1 Å². The van der Waals surface area contributed by atoms with E-state index in [4.69, 9.17) is 9.47 Å². The Morgan fingerprint density at radius 1 is 1.14 bits per heavy atom. The minimum Gasteiger partial charge on any atom is -0.444 e. The zero-order valence-electron chi connectivity index (χ0n) is 13.4. The summed E-state index contributed by atoms with van der Waals surface area (Å²) in [5.74, 6) is -1.04. The Morgan fingerprint density at radius 2 is 1.73 bits per heavy atom. The summed E-state index contributed by atoms with van der Waals surface area (Å²) in [5.41, 5.74) is -1.90.